The van der Waals surface area contributed by atoms with Gasteiger partial charge in [-0.05, 0) is 30.3 Å². The van der Waals surface area contributed by atoms with Crippen LogP contribution in [0.25, 0.3) is 0 Å². The predicted molar refractivity (Wildman–Crippen MR) is 85.6 cm³/mol. The van der Waals surface area contributed by atoms with Crippen LogP contribution in [0.1, 0.15) is 10.4 Å². The number of amides is 1. The van der Waals surface area contributed by atoms with Crippen molar-refractivity contribution in [3.63, 3.8) is 0 Å². The third-order valence-corrected chi connectivity index (χ3v) is 3.50. The van der Waals surface area contributed by atoms with E-state index in [4.69, 9.17) is 32.7 Å². The molecule has 0 bridgehead atoms. The van der Waals surface area contributed by atoms with Gasteiger partial charge in [0.25, 0.3) is 5.91 Å². The van der Waals surface area contributed by atoms with Crippen LogP contribution in [-0.4, -0.2) is 25.2 Å². The molecule has 0 aliphatic heterocycles. The van der Waals surface area contributed by atoms with Crippen molar-refractivity contribution in [2.45, 2.75) is 0 Å². The molecule has 0 saturated heterocycles. The molecule has 7 heteroatoms. The fraction of sp³-hybridized carbons (Fsp3) is 0.133. The van der Waals surface area contributed by atoms with Gasteiger partial charge < -0.3 is 19.9 Å². The second-order valence-corrected chi connectivity index (χ2v) is 5.13. The molecule has 0 saturated carbocycles. The zero-order chi connectivity index (χ0) is 16.3. The van der Waals surface area contributed by atoms with Crippen molar-refractivity contribution in [1.29, 1.82) is 0 Å². The van der Waals surface area contributed by atoms with E-state index < -0.39 is 0 Å². The van der Waals surface area contributed by atoms with E-state index in [2.05, 4.69) is 5.32 Å². The molecule has 0 radical (unpaired) electrons. The number of halogens is 2. The molecule has 0 aromatic heterocycles. The van der Waals surface area contributed by atoms with Crippen molar-refractivity contribution in [2.24, 2.45) is 0 Å². The summed E-state index contributed by atoms with van der Waals surface area (Å²) in [6.45, 7) is 0. The summed E-state index contributed by atoms with van der Waals surface area (Å²) in [5.41, 5.74) is 0.741. The lowest BCUT2D eigenvalue weighted by Gasteiger charge is -2.11. The van der Waals surface area contributed by atoms with Gasteiger partial charge in [0.2, 0.25) is 0 Å². The number of anilines is 1. The fourth-order valence-electron chi connectivity index (χ4n) is 1.82. The zero-order valence-corrected chi connectivity index (χ0v) is 13.3. The topological polar surface area (TPSA) is 67.8 Å². The third-order valence-electron chi connectivity index (χ3n) is 2.92. The first-order valence-corrected chi connectivity index (χ1v) is 6.93. The predicted octanol–water partition coefficient (Wildman–Crippen LogP) is 3.97. The highest BCUT2D eigenvalue weighted by molar-refractivity contribution is 6.37. The summed E-state index contributed by atoms with van der Waals surface area (Å²) in [5, 5.41) is 12.2. The molecule has 2 rings (SSSR count). The van der Waals surface area contributed by atoms with Gasteiger partial charge in [-0.25, -0.2) is 0 Å². The van der Waals surface area contributed by atoms with Crippen LogP contribution in [0.2, 0.25) is 10.0 Å². The lowest BCUT2D eigenvalue weighted by Crippen LogP contribution is -2.12. The van der Waals surface area contributed by atoms with Gasteiger partial charge in [-0.2, -0.15) is 0 Å². The molecule has 22 heavy (non-hydrogen) atoms. The molecule has 0 aliphatic carbocycles. The number of phenols is 1. The maximum Gasteiger partial charge on any atom is 0.255 e. The van der Waals surface area contributed by atoms with E-state index in [1.54, 1.807) is 18.2 Å². The normalized spacial score (nSPS) is 10.2. The Hall–Kier alpha value is -2.11. The van der Waals surface area contributed by atoms with E-state index in [-0.39, 0.29) is 21.7 Å². The average Bonchev–Trinajstić information content (AvgIpc) is 2.51. The van der Waals surface area contributed by atoms with Crippen molar-refractivity contribution in [2.75, 3.05) is 19.5 Å². The van der Waals surface area contributed by atoms with Crippen LogP contribution in [0, 0.1) is 0 Å². The standard InChI is InChI=1S/C15H13Cl2NO4/c1-21-12-4-3-8(5-13(12)22-2)15(20)18-9-6-10(16)14(19)11(17)7-9/h3-7,19H,1-2H3,(H,18,20). The van der Waals surface area contributed by atoms with Crippen LogP contribution in [-0.2, 0) is 0 Å². The lowest BCUT2D eigenvalue weighted by atomic mass is 10.2. The molecular weight excluding hydrogens is 329 g/mol. The molecule has 0 spiro atoms. The average molecular weight is 342 g/mol. The quantitative estimate of drug-likeness (QED) is 0.825. The molecule has 0 fully saturated rings. The van der Waals surface area contributed by atoms with Crippen LogP contribution in [0.15, 0.2) is 30.3 Å². The Morgan fingerprint density at radius 2 is 1.64 bits per heavy atom. The number of carbonyl (C=O) groups is 1. The fourth-order valence-corrected chi connectivity index (χ4v) is 2.31. The molecule has 2 aromatic rings. The Morgan fingerprint density at radius 1 is 1.05 bits per heavy atom. The number of benzene rings is 2. The Kier molecular flexibility index (Phi) is 5.00. The van der Waals surface area contributed by atoms with Gasteiger partial charge in [0.15, 0.2) is 17.2 Å². The summed E-state index contributed by atoms with van der Waals surface area (Å²) >= 11 is 11.6. The van der Waals surface area contributed by atoms with Gasteiger partial charge in [-0.1, -0.05) is 23.2 Å². The minimum absolute atomic E-state index is 0.0510. The highest BCUT2D eigenvalue weighted by atomic mass is 35.5. The van der Waals surface area contributed by atoms with Crippen molar-refractivity contribution >= 4 is 34.8 Å². The maximum atomic E-state index is 12.2. The molecule has 0 unspecified atom stereocenters. The molecule has 0 atom stereocenters. The van der Waals surface area contributed by atoms with Gasteiger partial charge in [-0.15, -0.1) is 0 Å². The summed E-state index contributed by atoms with van der Waals surface area (Å²) in [7, 11) is 3.00. The number of hydrogen-bond acceptors (Lipinski definition) is 4. The first-order valence-electron chi connectivity index (χ1n) is 6.17. The smallest absolute Gasteiger partial charge is 0.255 e. The largest absolute Gasteiger partial charge is 0.505 e. The highest BCUT2D eigenvalue weighted by Gasteiger charge is 2.13. The summed E-state index contributed by atoms with van der Waals surface area (Å²) in [5.74, 6) is 0.359. The van der Waals surface area contributed by atoms with E-state index in [1.807, 2.05) is 0 Å². The monoisotopic (exact) mass is 341 g/mol. The minimum atomic E-state index is -0.376. The zero-order valence-electron chi connectivity index (χ0n) is 11.8. The molecule has 1 amide bonds. The summed E-state index contributed by atoms with van der Waals surface area (Å²) in [6, 6.07) is 7.59. The maximum absolute atomic E-state index is 12.2. The van der Waals surface area contributed by atoms with Gasteiger partial charge in [0.05, 0.1) is 24.3 Å². The first kappa shape index (κ1) is 16.3. The van der Waals surface area contributed by atoms with Gasteiger partial charge in [0, 0.05) is 11.3 Å². The van der Waals surface area contributed by atoms with Crippen LogP contribution in [0.4, 0.5) is 5.69 Å². The molecule has 5 nitrogen and oxygen atoms in total. The molecule has 2 aromatic carbocycles. The Labute approximate surface area is 137 Å². The van der Waals surface area contributed by atoms with Gasteiger partial charge in [0.1, 0.15) is 0 Å². The van der Waals surface area contributed by atoms with E-state index in [0.29, 0.717) is 22.7 Å². The van der Waals surface area contributed by atoms with Crippen LogP contribution in [0.3, 0.4) is 0 Å². The summed E-state index contributed by atoms with van der Waals surface area (Å²) in [6.07, 6.45) is 0. The van der Waals surface area contributed by atoms with Crippen molar-refractivity contribution < 1.29 is 19.4 Å². The molecule has 0 aliphatic rings. The molecule has 0 heterocycles. The second kappa shape index (κ2) is 6.77. The van der Waals surface area contributed by atoms with Crippen molar-refractivity contribution in [3.05, 3.63) is 45.9 Å². The van der Waals surface area contributed by atoms with E-state index in [1.165, 1.54) is 26.4 Å². The number of carbonyl (C=O) groups excluding carboxylic acids is 1. The number of ether oxygens (including phenoxy) is 2. The van der Waals surface area contributed by atoms with E-state index in [9.17, 15) is 9.90 Å². The number of phenolic OH excluding ortho intramolecular Hbond substituents is 1. The Balaban J connectivity index is 2.26. The second-order valence-electron chi connectivity index (χ2n) is 4.31. The van der Waals surface area contributed by atoms with Gasteiger partial charge in [-0.3, -0.25) is 4.79 Å². The molecular formula is C15H13Cl2NO4. The molecule has 116 valence electrons. The highest BCUT2D eigenvalue weighted by Crippen LogP contribution is 2.35. The number of methoxy groups -OCH3 is 2. The van der Waals surface area contributed by atoms with Crippen LogP contribution in [0.5, 0.6) is 17.2 Å². The summed E-state index contributed by atoms with van der Waals surface area (Å²) in [4.78, 5) is 12.2. The van der Waals surface area contributed by atoms with Crippen LogP contribution >= 0.6 is 23.2 Å². The lowest BCUT2D eigenvalue weighted by molar-refractivity contribution is 0.102. The third kappa shape index (κ3) is 3.37. The van der Waals surface area contributed by atoms with E-state index in [0.717, 1.165) is 0 Å². The van der Waals surface area contributed by atoms with Gasteiger partial charge >= 0.3 is 0 Å². The number of nitrogens with one attached hydrogen (secondary N) is 1. The Bertz CT molecular complexity index is 696. The SMILES string of the molecule is COc1ccc(C(=O)Nc2cc(Cl)c(O)c(Cl)c2)cc1OC. The number of rotatable bonds is 4. The Morgan fingerprint density at radius 3 is 2.18 bits per heavy atom. The van der Waals surface area contributed by atoms with Crippen LogP contribution < -0.4 is 14.8 Å². The number of hydrogen-bond donors (Lipinski definition) is 2. The van der Waals surface area contributed by atoms with Crippen molar-refractivity contribution in [3.8, 4) is 17.2 Å². The number of aromatic hydroxyl groups is 1. The van der Waals surface area contributed by atoms with E-state index >= 15 is 0 Å². The minimum Gasteiger partial charge on any atom is -0.505 e. The summed E-state index contributed by atoms with van der Waals surface area (Å²) < 4.78 is 10.3. The van der Waals surface area contributed by atoms with Crippen molar-refractivity contribution in [1.82, 2.24) is 0 Å². The molecule has 2 N–H and O–H groups in total. The first-order chi connectivity index (χ1) is 10.5.